The van der Waals surface area contributed by atoms with Gasteiger partial charge in [-0.25, -0.2) is 0 Å². The molecule has 1 fully saturated rings. The Morgan fingerprint density at radius 1 is 1.03 bits per heavy atom. The van der Waals surface area contributed by atoms with Gasteiger partial charge in [-0.05, 0) is 41.8 Å². The fourth-order valence-corrected chi connectivity index (χ4v) is 5.25. The number of hydrogen-bond donors (Lipinski definition) is 2. The molecule has 2 aromatic carbocycles. The Morgan fingerprint density at radius 3 is 2.32 bits per heavy atom. The van der Waals surface area contributed by atoms with Crippen molar-refractivity contribution < 1.29 is 9.47 Å². The summed E-state index contributed by atoms with van der Waals surface area (Å²) in [5, 5.41) is 9.52. The zero-order chi connectivity index (χ0) is 22.1. The standard InChI is InChI=1S/C22H25Cl2N5O2/c1-30-19-8-12-6-7-29-17(14(12)11-20(19)31-2)9-13(27-28-22(25)26)10-18(29)21-15(23)4-3-5-16(21)24/h3-5,8,11,17-18H,6-7,9-10H2,1-2H3,(H4,25,26,28). The number of piperidine rings is 1. The first kappa shape index (κ1) is 21.7. The fraction of sp³-hybridized carbons (Fsp3) is 0.364. The highest BCUT2D eigenvalue weighted by Gasteiger charge is 2.40. The molecule has 7 nitrogen and oxygen atoms in total. The molecule has 0 aliphatic carbocycles. The molecule has 4 N–H and O–H groups in total. The molecule has 0 bridgehead atoms. The van der Waals surface area contributed by atoms with Crippen LogP contribution in [-0.4, -0.2) is 37.3 Å². The van der Waals surface area contributed by atoms with Crippen molar-refractivity contribution in [2.24, 2.45) is 21.7 Å². The zero-order valence-corrected chi connectivity index (χ0v) is 19.0. The van der Waals surface area contributed by atoms with E-state index in [4.69, 9.17) is 44.1 Å². The summed E-state index contributed by atoms with van der Waals surface area (Å²) in [7, 11) is 3.29. The molecule has 2 aromatic rings. The third-order valence-corrected chi connectivity index (χ3v) is 6.60. The van der Waals surface area contributed by atoms with Crippen LogP contribution >= 0.6 is 23.2 Å². The lowest BCUT2D eigenvalue weighted by Gasteiger charge is -2.46. The molecule has 9 heteroatoms. The maximum absolute atomic E-state index is 6.60. The first-order valence-electron chi connectivity index (χ1n) is 10.0. The van der Waals surface area contributed by atoms with Gasteiger partial charge in [0.05, 0.1) is 14.2 Å². The summed E-state index contributed by atoms with van der Waals surface area (Å²) in [6.07, 6.45) is 2.21. The minimum absolute atomic E-state index is 0.0471. The van der Waals surface area contributed by atoms with Gasteiger partial charge >= 0.3 is 0 Å². The van der Waals surface area contributed by atoms with Gasteiger partial charge in [-0.15, -0.1) is 5.10 Å². The lowest BCUT2D eigenvalue weighted by Crippen LogP contribution is -2.44. The molecule has 31 heavy (non-hydrogen) atoms. The van der Waals surface area contributed by atoms with Crippen LogP contribution in [0, 0.1) is 0 Å². The van der Waals surface area contributed by atoms with E-state index in [9.17, 15) is 0 Å². The zero-order valence-electron chi connectivity index (χ0n) is 17.4. The molecule has 164 valence electrons. The Kier molecular flexibility index (Phi) is 6.27. The molecule has 0 amide bonds. The quantitative estimate of drug-likeness (QED) is 0.406. The van der Waals surface area contributed by atoms with E-state index in [-0.39, 0.29) is 18.0 Å². The molecular formula is C22H25Cl2N5O2. The molecule has 2 atom stereocenters. The molecule has 2 unspecified atom stereocenters. The second kappa shape index (κ2) is 8.94. The molecule has 0 radical (unpaired) electrons. The Labute approximate surface area is 191 Å². The Hall–Kier alpha value is -2.48. The van der Waals surface area contributed by atoms with E-state index < -0.39 is 0 Å². The minimum atomic E-state index is -0.0716. The van der Waals surface area contributed by atoms with Crippen LogP contribution in [0.5, 0.6) is 11.5 Å². The van der Waals surface area contributed by atoms with E-state index in [2.05, 4.69) is 27.2 Å². The number of methoxy groups -OCH3 is 2. The summed E-state index contributed by atoms with van der Waals surface area (Å²) >= 11 is 13.2. The highest BCUT2D eigenvalue weighted by atomic mass is 35.5. The van der Waals surface area contributed by atoms with Gasteiger partial charge < -0.3 is 20.9 Å². The lowest BCUT2D eigenvalue weighted by molar-refractivity contribution is 0.114. The van der Waals surface area contributed by atoms with E-state index >= 15 is 0 Å². The molecule has 0 saturated carbocycles. The van der Waals surface area contributed by atoms with E-state index in [0.29, 0.717) is 28.6 Å². The van der Waals surface area contributed by atoms with Crippen LogP contribution in [0.15, 0.2) is 40.5 Å². The molecule has 0 spiro atoms. The number of rotatable bonds is 4. The van der Waals surface area contributed by atoms with Crippen molar-refractivity contribution in [3.05, 3.63) is 57.1 Å². The number of fused-ring (bicyclic) bond motifs is 3. The largest absolute Gasteiger partial charge is 0.493 e. The van der Waals surface area contributed by atoms with E-state index in [0.717, 1.165) is 30.0 Å². The van der Waals surface area contributed by atoms with Crippen LogP contribution in [0.4, 0.5) is 0 Å². The van der Waals surface area contributed by atoms with Crippen LogP contribution in [-0.2, 0) is 6.42 Å². The van der Waals surface area contributed by atoms with Crippen LogP contribution in [0.2, 0.25) is 10.0 Å². The van der Waals surface area contributed by atoms with Crippen molar-refractivity contribution in [3.8, 4) is 11.5 Å². The third kappa shape index (κ3) is 4.18. The highest BCUT2D eigenvalue weighted by Crippen LogP contribution is 2.48. The Balaban J connectivity index is 1.83. The lowest BCUT2D eigenvalue weighted by atomic mass is 9.81. The number of nitrogens with two attached hydrogens (primary N) is 2. The summed E-state index contributed by atoms with van der Waals surface area (Å²) in [5.74, 6) is 1.35. The maximum atomic E-state index is 6.60. The fourth-order valence-electron chi connectivity index (χ4n) is 4.60. The number of ether oxygens (including phenoxy) is 2. The smallest absolute Gasteiger partial charge is 0.211 e. The molecular weight excluding hydrogens is 437 g/mol. The summed E-state index contributed by atoms with van der Waals surface area (Å²) in [6, 6.07) is 9.71. The van der Waals surface area contributed by atoms with Crippen LogP contribution in [0.1, 0.15) is 41.6 Å². The number of benzene rings is 2. The van der Waals surface area contributed by atoms with Crippen LogP contribution < -0.4 is 20.9 Å². The van der Waals surface area contributed by atoms with Crippen molar-refractivity contribution in [1.82, 2.24) is 4.90 Å². The van der Waals surface area contributed by atoms with E-state index in [1.54, 1.807) is 14.2 Å². The van der Waals surface area contributed by atoms with Gasteiger partial charge in [-0.2, -0.15) is 5.10 Å². The van der Waals surface area contributed by atoms with Gasteiger partial charge in [0.25, 0.3) is 0 Å². The SMILES string of the molecule is COc1cc2c(cc1OC)C1CC(=NN=C(N)N)CC(c3c(Cl)cccc3Cl)N1CC2. The van der Waals surface area contributed by atoms with Crippen molar-refractivity contribution in [1.29, 1.82) is 0 Å². The number of guanidine groups is 1. The third-order valence-electron chi connectivity index (χ3n) is 5.94. The Bertz CT molecular complexity index is 1030. The molecule has 2 aliphatic rings. The predicted molar refractivity (Wildman–Crippen MR) is 124 cm³/mol. The van der Waals surface area contributed by atoms with E-state index in [1.807, 2.05) is 18.2 Å². The second-order valence-corrected chi connectivity index (χ2v) is 8.47. The molecule has 0 aromatic heterocycles. The summed E-state index contributed by atoms with van der Waals surface area (Å²) in [6.45, 7) is 0.856. The first-order valence-corrected chi connectivity index (χ1v) is 10.8. The Morgan fingerprint density at radius 2 is 1.68 bits per heavy atom. The van der Waals surface area contributed by atoms with Crippen molar-refractivity contribution in [3.63, 3.8) is 0 Å². The van der Waals surface area contributed by atoms with Gasteiger partial charge in [-0.3, -0.25) is 4.90 Å². The molecule has 2 heterocycles. The summed E-state index contributed by atoms with van der Waals surface area (Å²) < 4.78 is 11.1. The average Bonchev–Trinajstić information content (AvgIpc) is 2.76. The summed E-state index contributed by atoms with van der Waals surface area (Å²) in [5.41, 5.74) is 15.2. The van der Waals surface area contributed by atoms with Crippen molar-refractivity contribution >= 4 is 34.9 Å². The van der Waals surface area contributed by atoms with Crippen LogP contribution in [0.3, 0.4) is 0 Å². The number of halogens is 2. The monoisotopic (exact) mass is 461 g/mol. The molecule has 1 saturated heterocycles. The summed E-state index contributed by atoms with van der Waals surface area (Å²) in [4.78, 5) is 2.44. The predicted octanol–water partition coefficient (Wildman–Crippen LogP) is 4.07. The van der Waals surface area contributed by atoms with Gasteiger partial charge in [0.15, 0.2) is 11.5 Å². The van der Waals surface area contributed by atoms with Crippen molar-refractivity contribution in [2.45, 2.75) is 31.3 Å². The van der Waals surface area contributed by atoms with Gasteiger partial charge in [0.1, 0.15) is 0 Å². The highest BCUT2D eigenvalue weighted by molar-refractivity contribution is 6.36. The van der Waals surface area contributed by atoms with Gasteiger partial charge in [-0.1, -0.05) is 29.3 Å². The molecule has 4 rings (SSSR count). The van der Waals surface area contributed by atoms with Gasteiger partial charge in [0, 0.05) is 52.8 Å². The second-order valence-electron chi connectivity index (χ2n) is 7.66. The van der Waals surface area contributed by atoms with Gasteiger partial charge in [0.2, 0.25) is 5.96 Å². The number of hydrogen-bond acceptors (Lipinski definition) is 5. The first-order chi connectivity index (χ1) is 14.9. The maximum Gasteiger partial charge on any atom is 0.211 e. The normalized spacial score (nSPS) is 21.9. The minimum Gasteiger partial charge on any atom is -0.493 e. The molecule has 2 aliphatic heterocycles. The van der Waals surface area contributed by atoms with Crippen molar-refractivity contribution in [2.75, 3.05) is 20.8 Å². The van der Waals surface area contributed by atoms with Crippen LogP contribution in [0.25, 0.3) is 0 Å². The average molecular weight is 462 g/mol. The topological polar surface area (TPSA) is 98.5 Å². The van der Waals surface area contributed by atoms with E-state index in [1.165, 1.54) is 11.1 Å². The number of nitrogens with zero attached hydrogens (tertiary/aromatic N) is 3.